The van der Waals surface area contributed by atoms with Crippen LogP contribution in [0.4, 0.5) is 5.82 Å². The van der Waals surface area contributed by atoms with Crippen molar-refractivity contribution in [2.75, 3.05) is 45.0 Å². The third kappa shape index (κ3) is 9.55. The van der Waals surface area contributed by atoms with E-state index in [0.29, 0.717) is 29.4 Å². The number of nitrogens with zero attached hydrogens (tertiary/aromatic N) is 10. The highest BCUT2D eigenvalue weighted by Gasteiger charge is 2.36. The minimum Gasteiger partial charge on any atom is -0.437 e. The van der Waals surface area contributed by atoms with E-state index >= 15 is 0 Å². The number of hydrogen-bond donors (Lipinski definition) is 3. The average molecular weight is 705 g/mol. The highest BCUT2D eigenvalue weighted by atomic mass is 16.2. The molecule has 1 amide bonds. The lowest BCUT2D eigenvalue weighted by molar-refractivity contribution is -0.138. The number of tetrazole rings is 1. The predicted molar refractivity (Wildman–Crippen MR) is 197 cm³/mol. The van der Waals surface area contributed by atoms with E-state index in [1.165, 1.54) is 5.56 Å². The largest absolute Gasteiger partial charge is 0.437 e. The van der Waals surface area contributed by atoms with Gasteiger partial charge in [0, 0.05) is 44.1 Å². The Morgan fingerprint density at radius 3 is 2.17 bits per heavy atom. The Balaban J connectivity index is 0.000000217. The molecule has 7 heterocycles. The average Bonchev–Trinajstić information content (AvgIpc) is 3.72. The van der Waals surface area contributed by atoms with Crippen molar-refractivity contribution < 1.29 is 9.82 Å². The number of piperidine rings is 3. The summed E-state index contributed by atoms with van der Waals surface area (Å²) in [5, 5.41) is 33.7. The van der Waals surface area contributed by atoms with Crippen molar-refractivity contribution in [1.82, 2.24) is 50.2 Å². The standard InChI is InChI=1S/C24H31N9O.C13H18BN3O/c25-21-15-17(4-10-27-21)16-32-11-5-19(6-12-32)24(34)33-13-7-18(8-14-33)22(23-28-30-31-29-23)20-3-1-2-9-26-20;1-14(18)17-8-5-11(6-9-17)12(10-15)13-4-2-3-7-16-13/h1-4,9-10,15,18-19,22H,5-8,11-14,16H2,(H2,25,27)(H,28,29,30,31);2-4,7,11-12,18H,5-6,8-9H2,1H3. The van der Waals surface area contributed by atoms with Crippen LogP contribution in [-0.2, 0) is 11.3 Å². The van der Waals surface area contributed by atoms with Gasteiger partial charge in [-0.05, 0) is 125 Å². The number of carbonyl (C=O) groups excluding carboxylic acids is 1. The first-order valence-electron chi connectivity index (χ1n) is 18.5. The molecule has 3 aliphatic rings. The van der Waals surface area contributed by atoms with Crippen molar-refractivity contribution in [3.63, 3.8) is 0 Å². The molecule has 52 heavy (non-hydrogen) atoms. The molecule has 2 atom stereocenters. The molecule has 0 bridgehead atoms. The Morgan fingerprint density at radius 1 is 0.923 bits per heavy atom. The van der Waals surface area contributed by atoms with E-state index in [9.17, 15) is 15.1 Å². The molecule has 3 aliphatic heterocycles. The first-order chi connectivity index (χ1) is 25.4. The number of H-pyrrole nitrogens is 1. The monoisotopic (exact) mass is 704 g/mol. The van der Waals surface area contributed by atoms with Crippen LogP contribution in [0.2, 0.25) is 6.82 Å². The van der Waals surface area contributed by atoms with E-state index in [-0.39, 0.29) is 24.8 Å². The van der Waals surface area contributed by atoms with E-state index in [0.717, 1.165) is 95.7 Å². The van der Waals surface area contributed by atoms with Crippen LogP contribution in [0.1, 0.15) is 73.1 Å². The Kier molecular flexibility index (Phi) is 12.9. The van der Waals surface area contributed by atoms with E-state index in [2.05, 4.69) is 51.4 Å². The summed E-state index contributed by atoms with van der Waals surface area (Å²) in [5.41, 5.74) is 8.80. The highest BCUT2D eigenvalue weighted by molar-refractivity contribution is 6.45. The minimum atomic E-state index is -0.388. The number of nitrogens with one attached hydrogen (secondary N) is 1. The quantitative estimate of drug-likeness (QED) is 0.216. The number of nitrogen functional groups attached to an aromatic ring is 1. The van der Waals surface area contributed by atoms with Crippen LogP contribution in [-0.4, -0.2) is 107 Å². The molecular formula is C37H49BN12O2. The first-order valence-corrected chi connectivity index (χ1v) is 18.5. The molecule has 2 unspecified atom stereocenters. The van der Waals surface area contributed by atoms with Gasteiger partial charge in [-0.15, -0.1) is 10.2 Å². The maximum absolute atomic E-state index is 13.3. The van der Waals surface area contributed by atoms with E-state index in [4.69, 9.17) is 5.73 Å². The SMILES string of the molecule is CB(O)N1CCC(C(C#N)c2ccccn2)CC1.Nc1cc(CN2CCC(C(=O)N3CCC(C(c4ccccn4)c4nn[nH]n4)CC3)CC2)ccn1. The Morgan fingerprint density at radius 2 is 1.60 bits per heavy atom. The predicted octanol–water partition coefficient (Wildman–Crippen LogP) is 3.37. The van der Waals surface area contributed by atoms with Gasteiger partial charge in [-0.25, -0.2) is 4.98 Å². The maximum atomic E-state index is 13.3. The maximum Gasteiger partial charge on any atom is 0.376 e. The van der Waals surface area contributed by atoms with Gasteiger partial charge in [0.15, 0.2) is 5.82 Å². The number of aromatic amines is 1. The third-order valence-corrected chi connectivity index (χ3v) is 10.9. The van der Waals surface area contributed by atoms with Crippen LogP contribution in [0, 0.1) is 29.1 Å². The molecule has 0 aromatic carbocycles. The molecule has 0 spiro atoms. The van der Waals surface area contributed by atoms with E-state index in [1.807, 2.05) is 53.3 Å². The van der Waals surface area contributed by atoms with Crippen molar-refractivity contribution in [1.29, 1.82) is 5.26 Å². The van der Waals surface area contributed by atoms with Gasteiger partial charge in [0.2, 0.25) is 5.91 Å². The molecular weight excluding hydrogens is 655 g/mol. The summed E-state index contributed by atoms with van der Waals surface area (Å²) in [5.74, 6) is 2.18. The van der Waals surface area contributed by atoms with E-state index < -0.39 is 0 Å². The number of nitrogens with two attached hydrogens (primary N) is 1. The van der Waals surface area contributed by atoms with Crippen molar-refractivity contribution in [3.05, 3.63) is 89.9 Å². The Bertz CT molecular complexity index is 1700. The lowest BCUT2D eigenvalue weighted by Crippen LogP contribution is -2.46. The zero-order chi connectivity index (χ0) is 36.3. The number of carbonyl (C=O) groups is 1. The molecule has 15 heteroatoms. The normalized spacial score (nSPS) is 19.2. The number of aromatic nitrogens is 7. The van der Waals surface area contributed by atoms with Crippen LogP contribution >= 0.6 is 0 Å². The second kappa shape index (κ2) is 18.1. The number of nitriles is 1. The van der Waals surface area contributed by atoms with Gasteiger partial charge >= 0.3 is 7.05 Å². The molecule has 3 saturated heterocycles. The van der Waals surface area contributed by atoms with Crippen LogP contribution in [0.25, 0.3) is 0 Å². The number of anilines is 1. The number of hydrogen-bond acceptors (Lipinski definition) is 12. The van der Waals surface area contributed by atoms with Crippen molar-refractivity contribution in [2.45, 2.75) is 63.7 Å². The summed E-state index contributed by atoms with van der Waals surface area (Å²) in [7, 11) is -0.388. The third-order valence-electron chi connectivity index (χ3n) is 10.9. The van der Waals surface area contributed by atoms with Crippen molar-refractivity contribution in [2.24, 2.45) is 17.8 Å². The summed E-state index contributed by atoms with van der Waals surface area (Å²) in [6, 6.07) is 18.0. The van der Waals surface area contributed by atoms with Crippen molar-refractivity contribution >= 4 is 18.8 Å². The van der Waals surface area contributed by atoms with Gasteiger partial charge in [0.05, 0.1) is 29.3 Å². The summed E-state index contributed by atoms with van der Waals surface area (Å²) in [6.07, 6.45) is 10.8. The molecule has 272 valence electrons. The summed E-state index contributed by atoms with van der Waals surface area (Å²) < 4.78 is 0. The highest BCUT2D eigenvalue weighted by Crippen LogP contribution is 2.36. The van der Waals surface area contributed by atoms with Crippen LogP contribution in [0.3, 0.4) is 0 Å². The fourth-order valence-corrected chi connectivity index (χ4v) is 7.95. The fourth-order valence-electron chi connectivity index (χ4n) is 7.95. The van der Waals surface area contributed by atoms with Crippen molar-refractivity contribution in [3.8, 4) is 6.07 Å². The number of pyridine rings is 3. The molecule has 4 N–H and O–H groups in total. The molecule has 0 radical (unpaired) electrons. The van der Waals surface area contributed by atoms with Gasteiger partial charge in [-0.2, -0.15) is 10.5 Å². The second-order valence-electron chi connectivity index (χ2n) is 14.2. The number of amides is 1. The molecule has 4 aromatic rings. The second-order valence-corrected chi connectivity index (χ2v) is 14.2. The number of likely N-dealkylation sites (tertiary alicyclic amines) is 2. The molecule has 3 fully saturated rings. The lowest BCUT2D eigenvalue weighted by atomic mass is 9.77. The topological polar surface area (TPSA) is 190 Å². The zero-order valence-corrected chi connectivity index (χ0v) is 29.9. The Labute approximate surface area is 306 Å². The minimum absolute atomic E-state index is 0.0114. The van der Waals surface area contributed by atoms with E-state index in [1.54, 1.807) is 25.4 Å². The molecule has 0 aliphatic carbocycles. The van der Waals surface area contributed by atoms with Gasteiger partial charge < -0.3 is 20.5 Å². The van der Waals surface area contributed by atoms with Gasteiger partial charge in [0.1, 0.15) is 5.82 Å². The Hall–Kier alpha value is -4.78. The van der Waals surface area contributed by atoms with Crippen LogP contribution in [0.5, 0.6) is 0 Å². The molecule has 7 rings (SSSR count). The van der Waals surface area contributed by atoms with Gasteiger partial charge in [0.25, 0.3) is 0 Å². The van der Waals surface area contributed by atoms with Crippen LogP contribution in [0.15, 0.2) is 67.1 Å². The fraction of sp³-hybridized carbons (Fsp3) is 0.514. The first kappa shape index (κ1) is 37.0. The smallest absolute Gasteiger partial charge is 0.376 e. The molecule has 4 aromatic heterocycles. The van der Waals surface area contributed by atoms with Gasteiger partial charge in [-0.1, -0.05) is 17.3 Å². The summed E-state index contributed by atoms with van der Waals surface area (Å²) in [6.45, 7) is 7.73. The zero-order valence-electron chi connectivity index (χ0n) is 29.9. The molecule has 0 saturated carbocycles. The summed E-state index contributed by atoms with van der Waals surface area (Å²) in [4.78, 5) is 32.7. The summed E-state index contributed by atoms with van der Waals surface area (Å²) >= 11 is 0. The lowest BCUT2D eigenvalue weighted by Gasteiger charge is -2.38. The molecule has 14 nitrogen and oxygen atoms in total. The van der Waals surface area contributed by atoms with Gasteiger partial charge in [-0.3, -0.25) is 19.7 Å². The number of rotatable bonds is 9. The van der Waals surface area contributed by atoms with Crippen LogP contribution < -0.4 is 5.73 Å².